The maximum atomic E-state index is 12.1. The van der Waals surface area contributed by atoms with Crippen LogP contribution < -0.4 is 5.32 Å². The van der Waals surface area contributed by atoms with Gasteiger partial charge in [0, 0.05) is 6.07 Å². The van der Waals surface area contributed by atoms with E-state index in [-0.39, 0.29) is 12.2 Å². The third-order valence-electron chi connectivity index (χ3n) is 3.12. The molecule has 4 aromatic rings. The van der Waals surface area contributed by atoms with E-state index < -0.39 is 5.91 Å². The van der Waals surface area contributed by atoms with Gasteiger partial charge in [-0.1, -0.05) is 16.4 Å². The van der Waals surface area contributed by atoms with E-state index in [9.17, 15) is 4.79 Å². The molecule has 0 spiro atoms. The van der Waals surface area contributed by atoms with Gasteiger partial charge in [0.2, 0.25) is 17.5 Å². The number of furan rings is 1. The maximum Gasteiger partial charge on any atom is 0.273 e. The summed E-state index contributed by atoms with van der Waals surface area (Å²) in [6.07, 6.45) is 1.51. The molecule has 0 atom stereocenters. The Morgan fingerprint density at radius 1 is 1.17 bits per heavy atom. The molecule has 0 aromatic carbocycles. The molecule has 0 saturated heterocycles. The average molecular weight is 342 g/mol. The van der Waals surface area contributed by atoms with Gasteiger partial charge in [-0.3, -0.25) is 4.79 Å². The summed E-state index contributed by atoms with van der Waals surface area (Å²) in [5.74, 6) is 1.27. The van der Waals surface area contributed by atoms with Gasteiger partial charge in [0.25, 0.3) is 5.91 Å². The molecule has 0 saturated carbocycles. The first-order chi connectivity index (χ1) is 11.8. The quantitative estimate of drug-likeness (QED) is 0.594. The summed E-state index contributed by atoms with van der Waals surface area (Å²) < 4.78 is 15.4. The Morgan fingerprint density at radius 2 is 2.12 bits per heavy atom. The van der Waals surface area contributed by atoms with Gasteiger partial charge in [-0.2, -0.15) is 4.98 Å². The van der Waals surface area contributed by atoms with Crippen LogP contribution in [0, 0.1) is 0 Å². The minimum absolute atomic E-state index is 0.0974. The van der Waals surface area contributed by atoms with Gasteiger partial charge >= 0.3 is 0 Å². The largest absolute Gasteiger partial charge is 0.461 e. The first kappa shape index (κ1) is 14.4. The fraction of sp³-hybridized carbons (Fsp3) is 0.0667. The second kappa shape index (κ2) is 6.13. The number of hydrogen-bond acceptors (Lipinski definition) is 8. The second-order valence-electron chi connectivity index (χ2n) is 4.73. The van der Waals surface area contributed by atoms with Crippen molar-refractivity contribution in [2.75, 3.05) is 0 Å². The van der Waals surface area contributed by atoms with Gasteiger partial charge in [0.05, 0.1) is 17.7 Å². The Labute approximate surface area is 139 Å². The summed E-state index contributed by atoms with van der Waals surface area (Å²) in [7, 11) is 0. The van der Waals surface area contributed by atoms with Gasteiger partial charge in [-0.25, -0.2) is 0 Å². The van der Waals surface area contributed by atoms with E-state index in [0.717, 1.165) is 4.88 Å². The molecule has 4 rings (SSSR count). The lowest BCUT2D eigenvalue weighted by atomic mass is 10.3. The molecule has 4 aromatic heterocycles. The Balaban J connectivity index is 1.40. The molecule has 0 bridgehead atoms. The Kier molecular flexibility index (Phi) is 3.67. The van der Waals surface area contributed by atoms with E-state index >= 15 is 0 Å². The number of aromatic nitrogens is 3. The third kappa shape index (κ3) is 2.84. The number of hydrogen-bond donors (Lipinski definition) is 1. The van der Waals surface area contributed by atoms with Crippen molar-refractivity contribution in [3.63, 3.8) is 0 Å². The highest BCUT2D eigenvalue weighted by atomic mass is 32.1. The monoisotopic (exact) mass is 342 g/mol. The van der Waals surface area contributed by atoms with Gasteiger partial charge in [-0.15, -0.1) is 11.3 Å². The zero-order chi connectivity index (χ0) is 16.4. The third-order valence-corrected chi connectivity index (χ3v) is 3.98. The summed E-state index contributed by atoms with van der Waals surface area (Å²) >= 11 is 1.51. The van der Waals surface area contributed by atoms with Crippen LogP contribution in [0.25, 0.3) is 22.2 Å². The van der Waals surface area contributed by atoms with E-state index in [1.165, 1.54) is 23.7 Å². The van der Waals surface area contributed by atoms with Crippen molar-refractivity contribution in [2.24, 2.45) is 0 Å². The molecule has 1 amide bonds. The molecule has 1 N–H and O–H groups in total. The van der Waals surface area contributed by atoms with Crippen LogP contribution in [-0.2, 0) is 6.54 Å². The van der Waals surface area contributed by atoms with E-state index in [1.807, 2.05) is 17.5 Å². The lowest BCUT2D eigenvalue weighted by Crippen LogP contribution is -2.23. The van der Waals surface area contributed by atoms with Crippen molar-refractivity contribution in [1.29, 1.82) is 0 Å². The number of amides is 1. The molecule has 9 heteroatoms. The van der Waals surface area contributed by atoms with Crippen LogP contribution in [0.5, 0.6) is 0 Å². The first-order valence-electron chi connectivity index (χ1n) is 6.95. The summed E-state index contributed by atoms with van der Waals surface area (Å²) in [6.45, 7) is 0.0974. The fourth-order valence-corrected chi connectivity index (χ4v) is 2.65. The number of thiophene rings is 1. The zero-order valence-electron chi connectivity index (χ0n) is 12.1. The Hall–Kier alpha value is -3.20. The molecule has 0 unspecified atom stereocenters. The predicted octanol–water partition coefficient (Wildman–Crippen LogP) is 2.98. The average Bonchev–Trinajstić information content (AvgIpc) is 3.40. The highest BCUT2D eigenvalue weighted by Crippen LogP contribution is 2.22. The number of rotatable bonds is 5. The minimum atomic E-state index is -0.410. The molecule has 4 heterocycles. The minimum Gasteiger partial charge on any atom is -0.461 e. The Morgan fingerprint density at radius 3 is 2.92 bits per heavy atom. The highest BCUT2D eigenvalue weighted by Gasteiger charge is 2.16. The van der Waals surface area contributed by atoms with Crippen LogP contribution >= 0.6 is 11.3 Å². The van der Waals surface area contributed by atoms with Crippen LogP contribution in [0.15, 0.2) is 55.4 Å². The fourth-order valence-electron chi connectivity index (χ4n) is 2.00. The standard InChI is InChI=1S/C15H10N4O4S/c20-15(9-7-11(22-18-9)10-3-1-5-21-10)16-8-13-17-14(19-23-13)12-4-2-6-24-12/h1-7H,8H2,(H,16,20). The molecule has 8 nitrogen and oxygen atoms in total. The molecular weight excluding hydrogens is 332 g/mol. The first-order valence-corrected chi connectivity index (χ1v) is 7.83. The molecule has 0 aliphatic rings. The lowest BCUT2D eigenvalue weighted by molar-refractivity contribution is 0.0937. The van der Waals surface area contributed by atoms with Crippen molar-refractivity contribution in [2.45, 2.75) is 6.54 Å². The molecule has 0 fully saturated rings. The summed E-state index contributed by atoms with van der Waals surface area (Å²) in [4.78, 5) is 17.2. The van der Waals surface area contributed by atoms with Gasteiger partial charge in [0.15, 0.2) is 11.5 Å². The number of carbonyl (C=O) groups is 1. The molecular formula is C15H10N4O4S. The van der Waals surface area contributed by atoms with Crippen LogP contribution in [0.4, 0.5) is 0 Å². The van der Waals surface area contributed by atoms with E-state index in [1.54, 1.807) is 12.1 Å². The number of nitrogens with one attached hydrogen (secondary N) is 1. The summed E-state index contributed by atoms with van der Waals surface area (Å²) in [5.41, 5.74) is 0.138. The van der Waals surface area contributed by atoms with Crippen LogP contribution in [0.1, 0.15) is 16.4 Å². The Bertz CT molecular complexity index is 940. The molecule has 0 radical (unpaired) electrons. The second-order valence-corrected chi connectivity index (χ2v) is 5.67. The van der Waals surface area contributed by atoms with Crippen molar-refractivity contribution < 1.29 is 18.3 Å². The zero-order valence-corrected chi connectivity index (χ0v) is 12.9. The van der Waals surface area contributed by atoms with E-state index in [0.29, 0.717) is 23.2 Å². The van der Waals surface area contributed by atoms with Crippen LogP contribution in [0.3, 0.4) is 0 Å². The number of nitrogens with zero attached hydrogens (tertiary/aromatic N) is 3. The normalized spacial score (nSPS) is 10.8. The van der Waals surface area contributed by atoms with Crippen LogP contribution in [0.2, 0.25) is 0 Å². The van der Waals surface area contributed by atoms with E-state index in [4.69, 9.17) is 13.5 Å². The topological polar surface area (TPSA) is 107 Å². The van der Waals surface area contributed by atoms with Crippen molar-refractivity contribution in [1.82, 2.24) is 20.6 Å². The van der Waals surface area contributed by atoms with Crippen molar-refractivity contribution >= 4 is 17.2 Å². The van der Waals surface area contributed by atoms with Crippen LogP contribution in [-0.4, -0.2) is 21.2 Å². The number of carbonyl (C=O) groups excluding carboxylic acids is 1. The molecule has 0 aliphatic carbocycles. The predicted molar refractivity (Wildman–Crippen MR) is 83.0 cm³/mol. The summed E-state index contributed by atoms with van der Waals surface area (Å²) in [5, 5.41) is 12.2. The summed E-state index contributed by atoms with van der Waals surface area (Å²) in [6, 6.07) is 8.73. The lowest BCUT2D eigenvalue weighted by Gasteiger charge is -1.96. The van der Waals surface area contributed by atoms with E-state index in [2.05, 4.69) is 20.6 Å². The maximum absolute atomic E-state index is 12.1. The van der Waals surface area contributed by atoms with Gasteiger partial charge < -0.3 is 18.8 Å². The molecule has 120 valence electrons. The van der Waals surface area contributed by atoms with Gasteiger partial charge in [0.1, 0.15) is 0 Å². The highest BCUT2D eigenvalue weighted by molar-refractivity contribution is 7.13. The molecule has 24 heavy (non-hydrogen) atoms. The smallest absolute Gasteiger partial charge is 0.273 e. The van der Waals surface area contributed by atoms with Crippen molar-refractivity contribution in [3.05, 3.63) is 53.6 Å². The van der Waals surface area contributed by atoms with Crippen molar-refractivity contribution in [3.8, 4) is 22.2 Å². The van der Waals surface area contributed by atoms with Gasteiger partial charge in [-0.05, 0) is 23.6 Å². The molecule has 0 aliphatic heterocycles. The SMILES string of the molecule is O=C(NCc1nc(-c2cccs2)no1)c1cc(-c2ccco2)on1.